The molecule has 3 fully saturated rings. The van der Waals surface area contributed by atoms with E-state index in [4.69, 9.17) is 0 Å². The normalized spacial score (nSPS) is 21.7. The van der Waals surface area contributed by atoms with Gasteiger partial charge in [0.1, 0.15) is 0 Å². The molecule has 0 aromatic heterocycles. The first-order valence-corrected chi connectivity index (χ1v) is 13.4. The van der Waals surface area contributed by atoms with Crippen LogP contribution in [0.3, 0.4) is 0 Å². The van der Waals surface area contributed by atoms with Gasteiger partial charge in [-0.15, -0.1) is 0 Å². The molecular formula is C29H40N4O. The third kappa shape index (κ3) is 5.31. The van der Waals surface area contributed by atoms with Gasteiger partial charge in [-0.3, -0.25) is 4.79 Å². The van der Waals surface area contributed by atoms with Crippen molar-refractivity contribution in [3.05, 3.63) is 65.7 Å². The zero-order chi connectivity index (χ0) is 23.3. The molecule has 182 valence electrons. The molecule has 0 aliphatic carbocycles. The van der Waals surface area contributed by atoms with Gasteiger partial charge in [-0.2, -0.15) is 0 Å². The Morgan fingerprint density at radius 1 is 0.765 bits per heavy atom. The highest BCUT2D eigenvalue weighted by atomic mass is 16.2. The smallest absolute Gasteiger partial charge is 0.253 e. The van der Waals surface area contributed by atoms with Crippen LogP contribution in [0, 0.1) is 0 Å². The van der Waals surface area contributed by atoms with Gasteiger partial charge in [0.25, 0.3) is 5.91 Å². The third-order valence-electron chi connectivity index (χ3n) is 8.37. The molecule has 3 aliphatic heterocycles. The topological polar surface area (TPSA) is 30.0 Å². The van der Waals surface area contributed by atoms with Gasteiger partial charge in [-0.25, -0.2) is 0 Å². The average Bonchev–Trinajstić information content (AvgIpc) is 2.93. The summed E-state index contributed by atoms with van der Waals surface area (Å²) in [6.07, 6.45) is 5.04. The molecule has 0 N–H and O–H groups in total. The second kappa shape index (κ2) is 10.9. The number of rotatable bonds is 5. The summed E-state index contributed by atoms with van der Waals surface area (Å²) >= 11 is 0. The maximum Gasteiger partial charge on any atom is 0.253 e. The van der Waals surface area contributed by atoms with Crippen molar-refractivity contribution < 1.29 is 4.79 Å². The number of carbonyl (C=O) groups is 1. The molecule has 34 heavy (non-hydrogen) atoms. The predicted octanol–water partition coefficient (Wildman–Crippen LogP) is 4.31. The molecule has 3 heterocycles. The Labute approximate surface area is 205 Å². The van der Waals surface area contributed by atoms with Gasteiger partial charge in [0.05, 0.1) is 0 Å². The van der Waals surface area contributed by atoms with E-state index in [0.29, 0.717) is 0 Å². The first kappa shape index (κ1) is 23.4. The van der Waals surface area contributed by atoms with E-state index in [9.17, 15) is 4.79 Å². The Morgan fingerprint density at radius 2 is 1.41 bits per heavy atom. The summed E-state index contributed by atoms with van der Waals surface area (Å²) in [4.78, 5) is 22.6. The number of nitrogens with zero attached hydrogens (tertiary/aromatic N) is 4. The average molecular weight is 461 g/mol. The molecule has 5 rings (SSSR count). The van der Waals surface area contributed by atoms with Crippen LogP contribution in [-0.2, 0) is 0 Å². The number of anilines is 1. The molecule has 0 atom stereocenters. The number of benzene rings is 2. The van der Waals surface area contributed by atoms with Gasteiger partial charge in [0.15, 0.2) is 0 Å². The highest BCUT2D eigenvalue weighted by Crippen LogP contribution is 2.31. The molecule has 5 nitrogen and oxygen atoms in total. The maximum absolute atomic E-state index is 12.9. The minimum Gasteiger partial charge on any atom is -0.371 e. The molecule has 3 saturated heterocycles. The molecule has 5 heteroatoms. The Morgan fingerprint density at radius 3 is 2.03 bits per heavy atom. The Balaban J connectivity index is 1.09. The van der Waals surface area contributed by atoms with Crippen LogP contribution in [0.15, 0.2) is 54.6 Å². The lowest BCUT2D eigenvalue weighted by Crippen LogP contribution is -2.48. The molecule has 2 aromatic rings. The Hall–Kier alpha value is -2.37. The minimum atomic E-state index is 0.180. The van der Waals surface area contributed by atoms with Crippen molar-refractivity contribution >= 4 is 11.6 Å². The lowest BCUT2D eigenvalue weighted by Gasteiger charge is -2.42. The molecule has 0 unspecified atom stereocenters. The van der Waals surface area contributed by atoms with Crippen LogP contribution in [-0.4, -0.2) is 85.6 Å². The number of carbonyl (C=O) groups excluding carboxylic acids is 1. The third-order valence-corrected chi connectivity index (χ3v) is 8.37. The minimum absolute atomic E-state index is 0.180. The SMILES string of the molecule is CCN1CCN(C(=O)c2ccc(N3CCC(N4CCC(c5ccccc5)CC4)CC3)cc2)CC1. The highest BCUT2D eigenvalue weighted by molar-refractivity contribution is 5.94. The van der Waals surface area contributed by atoms with E-state index in [2.05, 4.69) is 64.1 Å². The van der Waals surface area contributed by atoms with Gasteiger partial charge in [-0.05, 0) is 81.1 Å². The number of amides is 1. The second-order valence-corrected chi connectivity index (χ2v) is 10.2. The molecule has 0 bridgehead atoms. The number of hydrogen-bond donors (Lipinski definition) is 0. The maximum atomic E-state index is 12.9. The van der Waals surface area contributed by atoms with Crippen LogP contribution in [0.2, 0.25) is 0 Å². The predicted molar refractivity (Wildman–Crippen MR) is 140 cm³/mol. The summed E-state index contributed by atoms with van der Waals surface area (Å²) in [7, 11) is 0. The van der Waals surface area contributed by atoms with Crippen molar-refractivity contribution in [2.45, 2.75) is 44.6 Å². The standard InChI is InChI=1S/C29H40N4O/c1-2-30-20-22-33(23-21-30)29(34)26-8-10-27(11-9-26)32-18-14-28(15-19-32)31-16-12-25(13-17-31)24-6-4-3-5-7-24/h3-11,25,28H,2,12-23H2,1H3. The number of likely N-dealkylation sites (N-methyl/N-ethyl adjacent to an activating group) is 1. The molecule has 0 spiro atoms. The van der Waals surface area contributed by atoms with E-state index in [0.717, 1.165) is 63.3 Å². The lowest BCUT2D eigenvalue weighted by molar-refractivity contribution is 0.0643. The summed E-state index contributed by atoms with van der Waals surface area (Å²) in [6, 6.07) is 20.1. The quantitative estimate of drug-likeness (QED) is 0.665. The van der Waals surface area contributed by atoms with Crippen LogP contribution in [0.25, 0.3) is 0 Å². The zero-order valence-electron chi connectivity index (χ0n) is 20.7. The van der Waals surface area contributed by atoms with Crippen LogP contribution in [0.1, 0.15) is 54.4 Å². The van der Waals surface area contributed by atoms with Gasteiger partial charge in [-0.1, -0.05) is 37.3 Å². The summed E-state index contributed by atoms with van der Waals surface area (Å²) < 4.78 is 0. The first-order valence-electron chi connectivity index (χ1n) is 13.4. The molecule has 3 aliphatic rings. The summed E-state index contributed by atoms with van der Waals surface area (Å²) in [5, 5.41) is 0. The van der Waals surface area contributed by atoms with Crippen LogP contribution in [0.5, 0.6) is 0 Å². The molecular weight excluding hydrogens is 420 g/mol. The molecule has 0 saturated carbocycles. The first-order chi connectivity index (χ1) is 16.7. The van der Waals surface area contributed by atoms with Gasteiger partial charge in [0.2, 0.25) is 0 Å². The largest absolute Gasteiger partial charge is 0.371 e. The number of likely N-dealkylation sites (tertiary alicyclic amines) is 1. The van der Waals surface area contributed by atoms with Gasteiger partial charge < -0.3 is 19.6 Å². The second-order valence-electron chi connectivity index (χ2n) is 10.2. The number of piperazine rings is 1. The fraction of sp³-hybridized carbons (Fsp3) is 0.552. The Bertz CT molecular complexity index is 907. The van der Waals surface area contributed by atoms with E-state index < -0.39 is 0 Å². The summed E-state index contributed by atoms with van der Waals surface area (Å²) in [5.74, 6) is 0.911. The molecule has 1 amide bonds. The van der Waals surface area contributed by atoms with Crippen molar-refractivity contribution in [2.75, 3.05) is 63.8 Å². The zero-order valence-corrected chi connectivity index (χ0v) is 20.7. The lowest BCUT2D eigenvalue weighted by atomic mass is 9.88. The molecule has 0 radical (unpaired) electrons. The van der Waals surface area contributed by atoms with Crippen molar-refractivity contribution in [1.29, 1.82) is 0 Å². The Kier molecular flexibility index (Phi) is 7.51. The van der Waals surface area contributed by atoms with Crippen molar-refractivity contribution in [3.63, 3.8) is 0 Å². The van der Waals surface area contributed by atoms with E-state index >= 15 is 0 Å². The van der Waals surface area contributed by atoms with Gasteiger partial charge >= 0.3 is 0 Å². The highest BCUT2D eigenvalue weighted by Gasteiger charge is 2.29. The van der Waals surface area contributed by atoms with E-state index in [1.807, 2.05) is 17.0 Å². The van der Waals surface area contributed by atoms with Crippen molar-refractivity contribution in [3.8, 4) is 0 Å². The van der Waals surface area contributed by atoms with Crippen molar-refractivity contribution in [1.82, 2.24) is 14.7 Å². The molecule has 2 aromatic carbocycles. The van der Waals surface area contributed by atoms with Crippen LogP contribution < -0.4 is 4.90 Å². The number of hydrogen-bond acceptors (Lipinski definition) is 4. The van der Waals surface area contributed by atoms with E-state index in [1.165, 1.54) is 50.0 Å². The number of piperidine rings is 2. The van der Waals surface area contributed by atoms with Crippen molar-refractivity contribution in [2.24, 2.45) is 0 Å². The fourth-order valence-electron chi connectivity index (χ4n) is 6.08. The monoisotopic (exact) mass is 460 g/mol. The van der Waals surface area contributed by atoms with Gasteiger partial charge in [0, 0.05) is 56.6 Å². The summed E-state index contributed by atoms with van der Waals surface area (Å²) in [5.41, 5.74) is 3.60. The van der Waals surface area contributed by atoms with Crippen LogP contribution >= 0.6 is 0 Å². The van der Waals surface area contributed by atoms with Crippen LogP contribution in [0.4, 0.5) is 5.69 Å². The van der Waals surface area contributed by atoms with E-state index in [1.54, 1.807) is 0 Å². The fourth-order valence-corrected chi connectivity index (χ4v) is 6.08. The van der Waals surface area contributed by atoms with E-state index in [-0.39, 0.29) is 5.91 Å². The summed E-state index contributed by atoms with van der Waals surface area (Å²) in [6.45, 7) is 11.6.